The smallest absolute Gasteiger partial charge is 0.321 e. The molecule has 1 saturated heterocycles. The summed E-state index contributed by atoms with van der Waals surface area (Å²) < 4.78 is 6.29. The summed E-state index contributed by atoms with van der Waals surface area (Å²) in [5.74, 6) is 0.855. The molecular weight excluding hydrogens is 322 g/mol. The Hall–Kier alpha value is -1.95. The minimum atomic E-state index is -0.0368. The van der Waals surface area contributed by atoms with E-state index < -0.39 is 0 Å². The van der Waals surface area contributed by atoms with Crippen LogP contribution in [0.2, 0.25) is 0 Å². The van der Waals surface area contributed by atoms with Gasteiger partial charge in [0.1, 0.15) is 5.76 Å². The van der Waals surface area contributed by atoms with Gasteiger partial charge in [0.25, 0.3) is 0 Å². The van der Waals surface area contributed by atoms with Gasteiger partial charge >= 0.3 is 6.03 Å². The number of benzene rings is 1. The number of urea groups is 1. The Morgan fingerprint density at radius 2 is 2.10 bits per heavy atom. The second kappa shape index (κ2) is 5.58. The van der Waals surface area contributed by atoms with Crippen LogP contribution in [0.25, 0.3) is 0 Å². The van der Waals surface area contributed by atoms with Crippen LogP contribution in [0.15, 0.2) is 45.5 Å². The topological polar surface area (TPSA) is 57.5 Å². The van der Waals surface area contributed by atoms with Crippen LogP contribution in [-0.4, -0.2) is 19.1 Å². The number of carbonyl (C=O) groups is 1. The highest BCUT2D eigenvalue weighted by Gasteiger charge is 2.20. The maximum absolute atomic E-state index is 11.6. The minimum Gasteiger partial charge on any atom is -0.466 e. The molecule has 0 spiro atoms. The molecular formula is C14H14BrN3O2. The predicted molar refractivity (Wildman–Crippen MR) is 80.9 cm³/mol. The normalized spacial score (nSPS) is 14.4. The van der Waals surface area contributed by atoms with Crippen LogP contribution in [0.1, 0.15) is 5.76 Å². The number of nitrogens with one attached hydrogen (secondary N) is 2. The van der Waals surface area contributed by atoms with E-state index in [0.29, 0.717) is 19.6 Å². The predicted octanol–water partition coefficient (Wildman–Crippen LogP) is 3.18. The zero-order chi connectivity index (χ0) is 13.9. The summed E-state index contributed by atoms with van der Waals surface area (Å²) in [5, 5.41) is 6.06. The fraction of sp³-hybridized carbons (Fsp3) is 0.214. The van der Waals surface area contributed by atoms with Crippen molar-refractivity contribution in [2.75, 3.05) is 23.3 Å². The van der Waals surface area contributed by atoms with Crippen LogP contribution in [0.3, 0.4) is 0 Å². The van der Waals surface area contributed by atoms with Gasteiger partial charge in [-0.05, 0) is 46.3 Å². The average Bonchev–Trinajstić information content (AvgIpc) is 3.06. The summed E-state index contributed by atoms with van der Waals surface area (Å²) in [6, 6.07) is 9.61. The Morgan fingerprint density at radius 1 is 1.30 bits per heavy atom. The SMILES string of the molecule is O=C1NCCN1c1ccc(NCc2occc2Br)cc1. The lowest BCUT2D eigenvalue weighted by molar-refractivity contribution is 0.252. The first-order chi connectivity index (χ1) is 9.74. The Kier molecular flexibility index (Phi) is 3.64. The summed E-state index contributed by atoms with van der Waals surface area (Å²) >= 11 is 3.42. The summed E-state index contributed by atoms with van der Waals surface area (Å²) in [5.41, 5.74) is 1.89. The zero-order valence-electron chi connectivity index (χ0n) is 10.7. The second-order valence-electron chi connectivity index (χ2n) is 4.48. The lowest BCUT2D eigenvalue weighted by Gasteiger charge is -2.14. The molecule has 3 rings (SSSR count). The van der Waals surface area contributed by atoms with Gasteiger partial charge < -0.3 is 15.1 Å². The quantitative estimate of drug-likeness (QED) is 0.902. The van der Waals surface area contributed by atoms with Gasteiger partial charge in [-0.3, -0.25) is 4.90 Å². The lowest BCUT2D eigenvalue weighted by Crippen LogP contribution is -2.27. The number of amides is 2. The fourth-order valence-electron chi connectivity index (χ4n) is 2.11. The van der Waals surface area contributed by atoms with Crippen molar-refractivity contribution in [2.45, 2.75) is 6.54 Å². The molecule has 1 fully saturated rings. The van der Waals surface area contributed by atoms with E-state index >= 15 is 0 Å². The number of rotatable bonds is 4. The van der Waals surface area contributed by atoms with E-state index in [2.05, 4.69) is 26.6 Å². The molecule has 6 heteroatoms. The number of hydrogen-bond acceptors (Lipinski definition) is 3. The molecule has 2 aromatic rings. The Morgan fingerprint density at radius 3 is 2.70 bits per heavy atom. The van der Waals surface area contributed by atoms with Crippen LogP contribution in [0.5, 0.6) is 0 Å². The number of nitrogens with zero attached hydrogens (tertiary/aromatic N) is 1. The van der Waals surface area contributed by atoms with E-state index in [9.17, 15) is 4.79 Å². The molecule has 0 radical (unpaired) electrons. The highest BCUT2D eigenvalue weighted by molar-refractivity contribution is 9.10. The van der Waals surface area contributed by atoms with Crippen molar-refractivity contribution in [3.05, 3.63) is 46.8 Å². The molecule has 0 saturated carbocycles. The molecule has 2 amide bonds. The highest BCUT2D eigenvalue weighted by atomic mass is 79.9. The maximum atomic E-state index is 11.6. The van der Waals surface area contributed by atoms with E-state index in [1.807, 2.05) is 30.3 Å². The van der Waals surface area contributed by atoms with Crippen molar-refractivity contribution in [2.24, 2.45) is 0 Å². The second-order valence-corrected chi connectivity index (χ2v) is 5.33. The summed E-state index contributed by atoms with van der Waals surface area (Å²) in [6.07, 6.45) is 1.65. The third-order valence-corrected chi connectivity index (χ3v) is 3.89. The molecule has 1 aromatic heterocycles. The van der Waals surface area contributed by atoms with Crippen molar-refractivity contribution in [1.82, 2.24) is 5.32 Å². The van der Waals surface area contributed by atoms with Crippen molar-refractivity contribution >= 4 is 33.3 Å². The van der Waals surface area contributed by atoms with Gasteiger partial charge in [0.05, 0.1) is 17.3 Å². The first-order valence-corrected chi connectivity index (χ1v) is 7.14. The van der Waals surface area contributed by atoms with Gasteiger partial charge in [-0.1, -0.05) is 0 Å². The number of anilines is 2. The molecule has 2 heterocycles. The number of hydrogen-bond donors (Lipinski definition) is 2. The van der Waals surface area contributed by atoms with Crippen LogP contribution < -0.4 is 15.5 Å². The summed E-state index contributed by atoms with van der Waals surface area (Å²) in [4.78, 5) is 13.3. The van der Waals surface area contributed by atoms with E-state index in [1.165, 1.54) is 0 Å². The van der Waals surface area contributed by atoms with Crippen molar-refractivity contribution in [3.63, 3.8) is 0 Å². The van der Waals surface area contributed by atoms with Crippen molar-refractivity contribution in [3.8, 4) is 0 Å². The zero-order valence-corrected chi connectivity index (χ0v) is 12.3. The van der Waals surface area contributed by atoms with E-state index in [0.717, 1.165) is 21.6 Å². The van der Waals surface area contributed by atoms with Gasteiger partial charge in [0.2, 0.25) is 0 Å². The van der Waals surface area contributed by atoms with Gasteiger partial charge in [0, 0.05) is 24.5 Å². The molecule has 5 nitrogen and oxygen atoms in total. The fourth-order valence-corrected chi connectivity index (χ4v) is 2.45. The monoisotopic (exact) mass is 335 g/mol. The van der Waals surface area contributed by atoms with Crippen molar-refractivity contribution < 1.29 is 9.21 Å². The van der Waals surface area contributed by atoms with Crippen LogP contribution in [0, 0.1) is 0 Å². The average molecular weight is 336 g/mol. The number of halogens is 1. The highest BCUT2D eigenvalue weighted by Crippen LogP contribution is 2.22. The maximum Gasteiger partial charge on any atom is 0.321 e. The first kappa shape index (κ1) is 13.1. The van der Waals surface area contributed by atoms with Gasteiger partial charge in [-0.15, -0.1) is 0 Å². The minimum absolute atomic E-state index is 0.0368. The summed E-state index contributed by atoms with van der Waals surface area (Å²) in [6.45, 7) is 2.02. The van der Waals surface area contributed by atoms with E-state index in [-0.39, 0.29) is 6.03 Å². The van der Waals surface area contributed by atoms with Crippen LogP contribution in [-0.2, 0) is 6.54 Å². The molecule has 20 heavy (non-hydrogen) atoms. The number of carbonyl (C=O) groups excluding carboxylic acids is 1. The van der Waals surface area contributed by atoms with Gasteiger partial charge in [0.15, 0.2) is 0 Å². The molecule has 1 aromatic carbocycles. The molecule has 0 bridgehead atoms. The Balaban J connectivity index is 1.64. The molecule has 0 atom stereocenters. The Labute approximate surface area is 125 Å². The van der Waals surface area contributed by atoms with E-state index in [1.54, 1.807) is 11.2 Å². The molecule has 0 unspecified atom stereocenters. The first-order valence-electron chi connectivity index (χ1n) is 6.35. The van der Waals surface area contributed by atoms with Gasteiger partial charge in [-0.25, -0.2) is 4.79 Å². The van der Waals surface area contributed by atoms with Crippen molar-refractivity contribution in [1.29, 1.82) is 0 Å². The standard InChI is InChI=1S/C14H14BrN3O2/c15-12-5-8-20-13(12)9-17-10-1-3-11(4-2-10)18-7-6-16-14(18)19/h1-5,8,17H,6-7,9H2,(H,16,19). The molecule has 1 aliphatic heterocycles. The molecule has 104 valence electrons. The third-order valence-electron chi connectivity index (χ3n) is 3.18. The largest absolute Gasteiger partial charge is 0.466 e. The molecule has 1 aliphatic rings. The molecule has 0 aliphatic carbocycles. The van der Waals surface area contributed by atoms with Crippen LogP contribution >= 0.6 is 15.9 Å². The Bertz CT molecular complexity index is 609. The third kappa shape index (κ3) is 2.65. The lowest BCUT2D eigenvalue weighted by atomic mass is 10.2. The van der Waals surface area contributed by atoms with E-state index in [4.69, 9.17) is 4.42 Å². The van der Waals surface area contributed by atoms with Crippen LogP contribution in [0.4, 0.5) is 16.2 Å². The van der Waals surface area contributed by atoms with Gasteiger partial charge in [-0.2, -0.15) is 0 Å². The molecule has 2 N–H and O–H groups in total. The summed E-state index contributed by atoms with van der Waals surface area (Å²) in [7, 11) is 0. The number of furan rings is 1.